The average molecular weight is 349 g/mol. The lowest BCUT2D eigenvalue weighted by Gasteiger charge is -2.08. The molecule has 0 fully saturated rings. The van der Waals surface area contributed by atoms with Crippen LogP contribution < -0.4 is 0 Å². The average Bonchev–Trinajstić information content (AvgIpc) is 2.26. The van der Waals surface area contributed by atoms with E-state index in [1.807, 2.05) is 42.5 Å². The first-order valence-electron chi connectivity index (χ1n) is 4.39. The van der Waals surface area contributed by atoms with Crippen molar-refractivity contribution in [1.29, 1.82) is 0 Å². The van der Waals surface area contributed by atoms with Gasteiger partial charge in [0.25, 0.3) is 0 Å². The van der Waals surface area contributed by atoms with Crippen LogP contribution in [0.2, 0.25) is 10.0 Å². The second-order valence-corrected chi connectivity index (χ2v) is 5.03. The van der Waals surface area contributed by atoms with Crippen LogP contribution in [0.3, 0.4) is 0 Å². The van der Waals surface area contributed by atoms with E-state index in [0.717, 1.165) is 14.7 Å². The molecule has 0 heterocycles. The van der Waals surface area contributed by atoms with Crippen LogP contribution in [0.5, 0.6) is 0 Å². The highest BCUT2D eigenvalue weighted by Gasteiger charge is 2.10. The molecule has 3 heteroatoms. The first-order chi connectivity index (χ1) is 7.20. The Morgan fingerprint density at radius 2 is 1.53 bits per heavy atom. The zero-order chi connectivity index (χ0) is 10.8. The van der Waals surface area contributed by atoms with Crippen molar-refractivity contribution in [2.24, 2.45) is 0 Å². The Morgan fingerprint density at radius 3 is 2.20 bits per heavy atom. The first-order valence-corrected chi connectivity index (χ1v) is 6.22. The molecule has 2 aromatic carbocycles. The van der Waals surface area contributed by atoms with Gasteiger partial charge in [-0.05, 0) is 40.3 Å². The fraction of sp³-hybridized carbons (Fsp3) is 0. The number of rotatable bonds is 1. The summed E-state index contributed by atoms with van der Waals surface area (Å²) in [7, 11) is 0. The van der Waals surface area contributed by atoms with Crippen LogP contribution in [0.25, 0.3) is 11.1 Å². The molecule has 2 rings (SSSR count). The Bertz CT molecular complexity index is 480. The molecule has 0 aromatic heterocycles. The van der Waals surface area contributed by atoms with Crippen molar-refractivity contribution < 1.29 is 0 Å². The number of hydrogen-bond acceptors (Lipinski definition) is 0. The van der Waals surface area contributed by atoms with Crippen molar-refractivity contribution >= 4 is 45.8 Å². The molecule has 0 aliphatic heterocycles. The molecule has 2 aromatic rings. The third kappa shape index (κ3) is 2.30. The maximum absolute atomic E-state index is 6.20. The molecule has 0 saturated heterocycles. The third-order valence-electron chi connectivity index (χ3n) is 2.11. The first kappa shape index (κ1) is 11.2. The summed E-state index contributed by atoms with van der Waals surface area (Å²) in [6.07, 6.45) is 0. The van der Waals surface area contributed by atoms with Crippen molar-refractivity contribution in [3.05, 3.63) is 56.1 Å². The van der Waals surface area contributed by atoms with E-state index in [1.54, 1.807) is 0 Å². The summed E-state index contributed by atoms with van der Waals surface area (Å²) in [6, 6.07) is 13.8. The minimum atomic E-state index is 0.593. The van der Waals surface area contributed by atoms with Crippen LogP contribution in [-0.4, -0.2) is 0 Å². The molecule has 0 N–H and O–H groups in total. The second-order valence-electron chi connectivity index (χ2n) is 3.08. The lowest BCUT2D eigenvalue weighted by molar-refractivity contribution is 1.58. The second kappa shape index (κ2) is 4.73. The lowest BCUT2D eigenvalue weighted by atomic mass is 10.1. The molecule has 0 aliphatic carbocycles. The van der Waals surface area contributed by atoms with Gasteiger partial charge < -0.3 is 0 Å². The molecule has 0 radical (unpaired) electrons. The molecule has 0 unspecified atom stereocenters. The maximum Gasteiger partial charge on any atom is 0.0681 e. The van der Waals surface area contributed by atoms with Crippen LogP contribution in [0, 0.1) is 3.57 Å². The summed E-state index contributed by atoms with van der Waals surface area (Å²) in [4.78, 5) is 0. The van der Waals surface area contributed by atoms with Crippen LogP contribution in [0.1, 0.15) is 0 Å². The summed E-state index contributed by atoms with van der Waals surface area (Å²) >= 11 is 14.5. The molecule has 0 nitrogen and oxygen atoms in total. The fourth-order valence-corrected chi connectivity index (χ4v) is 2.75. The van der Waals surface area contributed by atoms with E-state index in [9.17, 15) is 0 Å². The van der Waals surface area contributed by atoms with Crippen molar-refractivity contribution in [2.45, 2.75) is 0 Å². The quantitative estimate of drug-likeness (QED) is 0.486. The normalized spacial score (nSPS) is 10.3. The predicted molar refractivity (Wildman–Crippen MR) is 74.6 cm³/mol. The van der Waals surface area contributed by atoms with Crippen LogP contribution >= 0.6 is 45.8 Å². The molecule has 0 bridgehead atoms. The van der Waals surface area contributed by atoms with E-state index in [0.29, 0.717) is 10.0 Å². The van der Waals surface area contributed by atoms with Gasteiger partial charge in [0.1, 0.15) is 0 Å². The summed E-state index contributed by atoms with van der Waals surface area (Å²) in [5.41, 5.74) is 2.10. The molecule has 15 heavy (non-hydrogen) atoms. The maximum atomic E-state index is 6.20. The Morgan fingerprint density at radius 1 is 0.867 bits per heavy atom. The van der Waals surface area contributed by atoms with E-state index in [2.05, 4.69) is 22.6 Å². The molecule has 0 amide bonds. The van der Waals surface area contributed by atoms with Gasteiger partial charge in [-0.25, -0.2) is 0 Å². The van der Waals surface area contributed by atoms with Crippen LogP contribution in [0.15, 0.2) is 42.5 Å². The van der Waals surface area contributed by atoms with Gasteiger partial charge in [0.2, 0.25) is 0 Å². The Hall–Kier alpha value is -0.250. The standard InChI is InChI=1S/C12H7Cl2I/c13-9-6-7-10(15)11(12(9)14)8-4-2-1-3-5-8/h1-7H. The highest BCUT2D eigenvalue weighted by atomic mass is 127. The smallest absolute Gasteiger partial charge is 0.0681 e. The van der Waals surface area contributed by atoms with E-state index < -0.39 is 0 Å². The zero-order valence-electron chi connectivity index (χ0n) is 7.68. The minimum Gasteiger partial charge on any atom is -0.0827 e. The fourth-order valence-electron chi connectivity index (χ4n) is 1.40. The summed E-state index contributed by atoms with van der Waals surface area (Å²) in [5.74, 6) is 0. The van der Waals surface area contributed by atoms with Crippen LogP contribution in [0.4, 0.5) is 0 Å². The summed E-state index contributed by atoms with van der Waals surface area (Å²) in [5, 5.41) is 1.21. The van der Waals surface area contributed by atoms with Gasteiger partial charge in [-0.2, -0.15) is 0 Å². The van der Waals surface area contributed by atoms with Gasteiger partial charge in [-0.3, -0.25) is 0 Å². The van der Waals surface area contributed by atoms with Gasteiger partial charge >= 0.3 is 0 Å². The van der Waals surface area contributed by atoms with Crippen LogP contribution in [-0.2, 0) is 0 Å². The van der Waals surface area contributed by atoms with E-state index in [-0.39, 0.29) is 0 Å². The SMILES string of the molecule is Clc1ccc(I)c(-c2ccccc2)c1Cl. The minimum absolute atomic E-state index is 0.593. The van der Waals surface area contributed by atoms with Crippen molar-refractivity contribution in [2.75, 3.05) is 0 Å². The van der Waals surface area contributed by atoms with Gasteiger partial charge in [0.15, 0.2) is 0 Å². The molecular weight excluding hydrogens is 342 g/mol. The summed E-state index contributed by atoms with van der Waals surface area (Å²) in [6.45, 7) is 0. The highest BCUT2D eigenvalue weighted by Crippen LogP contribution is 2.36. The molecule has 0 saturated carbocycles. The van der Waals surface area contributed by atoms with Gasteiger partial charge in [-0.1, -0.05) is 53.5 Å². The number of halogens is 3. The van der Waals surface area contributed by atoms with Gasteiger partial charge in [-0.15, -0.1) is 0 Å². The zero-order valence-corrected chi connectivity index (χ0v) is 11.3. The van der Waals surface area contributed by atoms with E-state index >= 15 is 0 Å². The largest absolute Gasteiger partial charge is 0.0827 e. The lowest BCUT2D eigenvalue weighted by Crippen LogP contribution is -1.85. The Labute approximate surface area is 112 Å². The van der Waals surface area contributed by atoms with Gasteiger partial charge in [0.05, 0.1) is 10.0 Å². The van der Waals surface area contributed by atoms with Crippen molar-refractivity contribution in [1.82, 2.24) is 0 Å². The number of hydrogen-bond donors (Lipinski definition) is 0. The monoisotopic (exact) mass is 348 g/mol. The third-order valence-corrected chi connectivity index (χ3v) is 3.81. The van der Waals surface area contributed by atoms with Crippen molar-refractivity contribution in [3.8, 4) is 11.1 Å². The van der Waals surface area contributed by atoms with Crippen molar-refractivity contribution in [3.63, 3.8) is 0 Å². The highest BCUT2D eigenvalue weighted by molar-refractivity contribution is 14.1. The molecule has 76 valence electrons. The topological polar surface area (TPSA) is 0 Å². The summed E-state index contributed by atoms with van der Waals surface area (Å²) < 4.78 is 1.10. The van der Waals surface area contributed by atoms with E-state index in [1.165, 1.54) is 0 Å². The molecule has 0 aliphatic rings. The Kier molecular flexibility index (Phi) is 3.54. The van der Waals surface area contributed by atoms with Gasteiger partial charge in [0, 0.05) is 9.13 Å². The molecular formula is C12H7Cl2I. The Balaban J connectivity index is 2.68. The van der Waals surface area contributed by atoms with E-state index in [4.69, 9.17) is 23.2 Å². The molecule has 0 atom stereocenters. The number of benzene rings is 2. The molecule has 0 spiro atoms. The predicted octanol–water partition coefficient (Wildman–Crippen LogP) is 5.27.